The number of nitrogens with one attached hydrogen (secondary N) is 1. The molecule has 2 saturated heterocycles. The molecule has 3 rings (SSSR count). The van der Waals surface area contributed by atoms with Gasteiger partial charge in [0, 0.05) is 38.9 Å². The number of rotatable bonds is 8. The third kappa shape index (κ3) is 4.97. The maximum Gasteiger partial charge on any atom is 0.241 e. The lowest BCUT2D eigenvalue weighted by Crippen LogP contribution is -2.59. The highest BCUT2D eigenvalue weighted by Crippen LogP contribution is 2.35. The number of amides is 2. The Morgan fingerprint density at radius 2 is 1.87 bits per heavy atom. The predicted octanol–water partition coefficient (Wildman–Crippen LogP) is 2.82. The number of carbonyl (C=O) groups is 2. The number of methoxy groups -OCH3 is 2. The molecular weight excluding hydrogens is 394 g/mol. The van der Waals surface area contributed by atoms with E-state index in [0.717, 1.165) is 31.2 Å². The molecule has 7 heteroatoms. The largest absolute Gasteiger partial charge is 0.493 e. The molecule has 2 amide bonds. The highest BCUT2D eigenvalue weighted by atomic mass is 16.5. The number of likely N-dealkylation sites (tertiary alicyclic amines) is 1. The van der Waals surface area contributed by atoms with Gasteiger partial charge in [-0.25, -0.2) is 0 Å². The molecule has 2 aliphatic heterocycles. The summed E-state index contributed by atoms with van der Waals surface area (Å²) in [6.45, 7) is 8.21. The topological polar surface area (TPSA) is 71.1 Å². The number of hydrogen-bond donors (Lipinski definition) is 1. The monoisotopic (exact) mass is 431 g/mol. The summed E-state index contributed by atoms with van der Waals surface area (Å²) < 4.78 is 10.8. The van der Waals surface area contributed by atoms with Gasteiger partial charge < -0.3 is 19.3 Å². The molecule has 7 nitrogen and oxygen atoms in total. The summed E-state index contributed by atoms with van der Waals surface area (Å²) in [5.74, 6) is 2.21. The Morgan fingerprint density at radius 3 is 2.45 bits per heavy atom. The van der Waals surface area contributed by atoms with Gasteiger partial charge in [-0.05, 0) is 36.5 Å². The molecule has 0 bridgehead atoms. The van der Waals surface area contributed by atoms with Gasteiger partial charge in [0.15, 0.2) is 11.5 Å². The normalized spacial score (nSPS) is 20.6. The Morgan fingerprint density at radius 1 is 1.19 bits per heavy atom. The molecule has 0 aromatic heterocycles. The van der Waals surface area contributed by atoms with E-state index in [2.05, 4.69) is 19.2 Å². The molecule has 0 radical (unpaired) electrons. The lowest BCUT2D eigenvalue weighted by Gasteiger charge is -2.44. The number of ether oxygens (including phenoxy) is 2. The SMILES string of the molecule is CCC(=O)N1CCC2(CC1)N[C@H](CC(C)C)C(=O)N2CCc1ccc(OC)c(OC)c1. The fraction of sp³-hybridized carbons (Fsp3) is 0.667. The Bertz CT molecular complexity index is 787. The molecule has 1 N–H and O–H groups in total. The van der Waals surface area contributed by atoms with Crippen molar-refractivity contribution in [1.82, 2.24) is 15.1 Å². The zero-order chi connectivity index (χ0) is 22.6. The zero-order valence-corrected chi connectivity index (χ0v) is 19.6. The van der Waals surface area contributed by atoms with Gasteiger partial charge >= 0.3 is 0 Å². The van der Waals surface area contributed by atoms with Crippen LogP contribution in [0.5, 0.6) is 11.5 Å². The molecule has 2 aliphatic rings. The van der Waals surface area contributed by atoms with Gasteiger partial charge in [-0.15, -0.1) is 0 Å². The van der Waals surface area contributed by atoms with Crippen molar-refractivity contribution in [3.05, 3.63) is 23.8 Å². The first-order valence-electron chi connectivity index (χ1n) is 11.4. The van der Waals surface area contributed by atoms with Crippen molar-refractivity contribution in [2.45, 2.75) is 64.6 Å². The van der Waals surface area contributed by atoms with Crippen LogP contribution < -0.4 is 14.8 Å². The fourth-order valence-electron chi connectivity index (χ4n) is 4.86. The Hall–Kier alpha value is -2.28. The third-order valence-electron chi connectivity index (χ3n) is 6.55. The molecule has 1 spiro atoms. The van der Waals surface area contributed by atoms with E-state index < -0.39 is 0 Å². The summed E-state index contributed by atoms with van der Waals surface area (Å²) in [5, 5.41) is 3.69. The quantitative estimate of drug-likeness (QED) is 0.685. The molecule has 2 heterocycles. The summed E-state index contributed by atoms with van der Waals surface area (Å²) >= 11 is 0. The van der Waals surface area contributed by atoms with Gasteiger partial charge in [-0.3, -0.25) is 14.9 Å². The smallest absolute Gasteiger partial charge is 0.241 e. The number of piperidine rings is 1. The van der Waals surface area contributed by atoms with E-state index in [1.165, 1.54) is 0 Å². The van der Waals surface area contributed by atoms with Crippen LogP contribution in [0.25, 0.3) is 0 Å². The molecule has 172 valence electrons. The molecule has 0 unspecified atom stereocenters. The second-order valence-electron chi connectivity index (χ2n) is 9.02. The lowest BCUT2D eigenvalue weighted by molar-refractivity contribution is -0.137. The minimum atomic E-state index is -0.363. The third-order valence-corrected chi connectivity index (χ3v) is 6.55. The molecule has 0 saturated carbocycles. The van der Waals surface area contributed by atoms with Crippen molar-refractivity contribution < 1.29 is 19.1 Å². The Labute approximate surface area is 186 Å². The minimum absolute atomic E-state index is 0.154. The summed E-state index contributed by atoms with van der Waals surface area (Å²) in [4.78, 5) is 29.5. The van der Waals surface area contributed by atoms with Crippen LogP contribution in [0, 0.1) is 5.92 Å². The number of carbonyl (C=O) groups excluding carboxylic acids is 2. The maximum absolute atomic E-state index is 13.4. The predicted molar refractivity (Wildman–Crippen MR) is 120 cm³/mol. The van der Waals surface area contributed by atoms with Crippen molar-refractivity contribution in [2.75, 3.05) is 33.9 Å². The standard InChI is InChI=1S/C24H37N3O4/c1-6-22(28)26-13-10-24(11-14-26)25-19(15-17(2)3)23(29)27(24)12-9-18-7-8-20(30-4)21(16-18)31-5/h7-8,16-17,19,25H,6,9-15H2,1-5H3/t19-/m1/s1. The van der Waals surface area contributed by atoms with Gasteiger partial charge in [0.1, 0.15) is 0 Å². The van der Waals surface area contributed by atoms with Crippen LogP contribution in [0.4, 0.5) is 0 Å². The summed E-state index contributed by atoms with van der Waals surface area (Å²) in [6, 6.07) is 5.76. The molecule has 1 aromatic carbocycles. The first kappa shape index (κ1) is 23.4. The Balaban J connectivity index is 1.76. The van der Waals surface area contributed by atoms with E-state index >= 15 is 0 Å². The van der Waals surface area contributed by atoms with Gasteiger partial charge in [-0.2, -0.15) is 0 Å². The molecule has 1 atom stereocenters. The van der Waals surface area contributed by atoms with Gasteiger partial charge in [-0.1, -0.05) is 26.8 Å². The summed E-state index contributed by atoms with van der Waals surface area (Å²) in [6.07, 6.45) is 3.63. The van der Waals surface area contributed by atoms with E-state index in [-0.39, 0.29) is 23.5 Å². The first-order valence-corrected chi connectivity index (χ1v) is 11.4. The van der Waals surface area contributed by atoms with E-state index in [0.29, 0.717) is 43.5 Å². The lowest BCUT2D eigenvalue weighted by atomic mass is 9.95. The van der Waals surface area contributed by atoms with E-state index in [4.69, 9.17) is 9.47 Å². The molecule has 2 fully saturated rings. The number of benzene rings is 1. The van der Waals surface area contributed by atoms with Crippen LogP contribution >= 0.6 is 0 Å². The second kappa shape index (κ2) is 9.90. The van der Waals surface area contributed by atoms with Gasteiger partial charge in [0.25, 0.3) is 0 Å². The highest BCUT2D eigenvalue weighted by molar-refractivity contribution is 5.85. The zero-order valence-electron chi connectivity index (χ0n) is 19.6. The number of hydrogen-bond acceptors (Lipinski definition) is 5. The number of nitrogens with zero attached hydrogens (tertiary/aromatic N) is 2. The molecule has 1 aromatic rings. The van der Waals surface area contributed by atoms with Crippen LogP contribution in [0.1, 0.15) is 52.0 Å². The highest BCUT2D eigenvalue weighted by Gasteiger charge is 2.51. The van der Waals surface area contributed by atoms with E-state index in [9.17, 15) is 9.59 Å². The van der Waals surface area contributed by atoms with Crippen molar-refractivity contribution in [3.8, 4) is 11.5 Å². The van der Waals surface area contributed by atoms with Crippen LogP contribution in [0.3, 0.4) is 0 Å². The van der Waals surface area contributed by atoms with Crippen LogP contribution in [0.2, 0.25) is 0 Å². The van der Waals surface area contributed by atoms with Crippen LogP contribution in [0.15, 0.2) is 18.2 Å². The summed E-state index contributed by atoms with van der Waals surface area (Å²) in [5.41, 5.74) is 0.740. The average molecular weight is 432 g/mol. The molecule has 31 heavy (non-hydrogen) atoms. The summed E-state index contributed by atoms with van der Waals surface area (Å²) in [7, 11) is 3.26. The van der Waals surface area contributed by atoms with Crippen LogP contribution in [-0.4, -0.2) is 67.2 Å². The Kier molecular flexibility index (Phi) is 7.46. The first-order chi connectivity index (χ1) is 14.8. The van der Waals surface area contributed by atoms with Crippen LogP contribution in [-0.2, 0) is 16.0 Å². The molecule has 0 aliphatic carbocycles. The van der Waals surface area contributed by atoms with Crippen molar-refractivity contribution in [3.63, 3.8) is 0 Å². The van der Waals surface area contributed by atoms with Crippen molar-refractivity contribution >= 4 is 11.8 Å². The van der Waals surface area contributed by atoms with Gasteiger partial charge in [0.2, 0.25) is 11.8 Å². The van der Waals surface area contributed by atoms with Crippen molar-refractivity contribution in [2.24, 2.45) is 5.92 Å². The van der Waals surface area contributed by atoms with Gasteiger partial charge in [0.05, 0.1) is 25.9 Å². The second-order valence-corrected chi connectivity index (χ2v) is 9.02. The van der Waals surface area contributed by atoms with Crippen molar-refractivity contribution in [1.29, 1.82) is 0 Å². The van der Waals surface area contributed by atoms with E-state index in [1.54, 1.807) is 14.2 Å². The molecular formula is C24H37N3O4. The fourth-order valence-corrected chi connectivity index (χ4v) is 4.86. The minimum Gasteiger partial charge on any atom is -0.493 e. The van der Waals surface area contributed by atoms with E-state index in [1.807, 2.05) is 34.9 Å². The average Bonchev–Trinajstić information content (AvgIpc) is 3.01. The maximum atomic E-state index is 13.4.